The Morgan fingerprint density at radius 3 is 2.63 bits per heavy atom. The normalized spacial score (nSPS) is 18.6. The summed E-state index contributed by atoms with van der Waals surface area (Å²) >= 11 is 0. The third-order valence-electron chi connectivity index (χ3n) is 5.06. The van der Waals surface area contributed by atoms with Crippen LogP contribution in [0.2, 0.25) is 0 Å². The Balaban J connectivity index is 2.07. The fourth-order valence-corrected chi connectivity index (χ4v) is 3.52. The number of hydrogen-bond acceptors (Lipinski definition) is 7. The Kier molecular flexibility index (Phi) is 5.18. The molecule has 0 unspecified atom stereocenters. The zero-order valence-corrected chi connectivity index (χ0v) is 17.2. The van der Waals surface area contributed by atoms with Gasteiger partial charge in [-0.2, -0.15) is 5.10 Å². The minimum atomic E-state index is -3.32. The largest absolute Gasteiger partial charge is 0.377 e. The molecule has 0 saturated carbocycles. The predicted molar refractivity (Wildman–Crippen MR) is 106 cm³/mol. The van der Waals surface area contributed by atoms with Crippen LogP contribution in [0.3, 0.4) is 0 Å². The highest BCUT2D eigenvalue weighted by Crippen LogP contribution is 2.34. The van der Waals surface area contributed by atoms with Crippen LogP contribution in [-0.4, -0.2) is 55.7 Å². The topological polar surface area (TPSA) is 100 Å². The Hall–Kier alpha value is -2.13. The molecule has 2 N–H and O–H groups in total. The number of anilines is 3. The summed E-state index contributed by atoms with van der Waals surface area (Å²) in [6.45, 7) is 9.35. The van der Waals surface area contributed by atoms with Gasteiger partial charge in [0.2, 0.25) is 0 Å². The molecule has 0 aromatic carbocycles. The highest BCUT2D eigenvalue weighted by molar-refractivity contribution is 7.91. The van der Waals surface area contributed by atoms with E-state index < -0.39 is 14.6 Å². The summed E-state index contributed by atoms with van der Waals surface area (Å²) in [6.07, 6.45) is 1.26. The summed E-state index contributed by atoms with van der Waals surface area (Å²) in [4.78, 5) is 6.86. The van der Waals surface area contributed by atoms with Gasteiger partial charge in [-0.05, 0) is 45.4 Å². The van der Waals surface area contributed by atoms with Crippen LogP contribution in [0.15, 0.2) is 18.2 Å². The first-order valence-corrected chi connectivity index (χ1v) is 10.8. The number of aryl methyl sites for hydroxylation is 1. The van der Waals surface area contributed by atoms with Gasteiger partial charge < -0.3 is 15.0 Å². The van der Waals surface area contributed by atoms with E-state index in [1.165, 1.54) is 6.26 Å². The standard InChI is InChI=1S/C18H27N5O3S/c1-12-8-16(22-21-12)19-15-9-14(18(3,4)27(5,24)25)10-17(20-15)23-6-7-26-11-13(23)2/h8-10,13H,6-7,11H2,1-5H3,(H2,19,20,21,22)/t13-/m1/s1. The first kappa shape index (κ1) is 19.6. The molecule has 1 saturated heterocycles. The Labute approximate surface area is 160 Å². The molecule has 0 spiro atoms. The van der Waals surface area contributed by atoms with Crippen molar-refractivity contribution in [1.82, 2.24) is 15.2 Å². The van der Waals surface area contributed by atoms with Gasteiger partial charge in [-0.25, -0.2) is 13.4 Å². The Morgan fingerprint density at radius 1 is 1.30 bits per heavy atom. The molecule has 148 valence electrons. The number of H-pyrrole nitrogens is 1. The summed E-state index contributed by atoms with van der Waals surface area (Å²) in [5.74, 6) is 1.93. The lowest BCUT2D eigenvalue weighted by Gasteiger charge is -2.35. The van der Waals surface area contributed by atoms with Crippen molar-refractivity contribution in [2.24, 2.45) is 0 Å². The zero-order chi connectivity index (χ0) is 19.8. The molecule has 1 fully saturated rings. The van der Waals surface area contributed by atoms with Gasteiger partial charge >= 0.3 is 0 Å². The molecule has 2 aromatic rings. The quantitative estimate of drug-likeness (QED) is 0.804. The van der Waals surface area contributed by atoms with Crippen LogP contribution in [0.5, 0.6) is 0 Å². The van der Waals surface area contributed by atoms with E-state index in [0.717, 1.165) is 11.5 Å². The van der Waals surface area contributed by atoms with Gasteiger partial charge in [-0.3, -0.25) is 5.10 Å². The van der Waals surface area contributed by atoms with E-state index in [2.05, 4.69) is 27.3 Å². The number of nitrogens with one attached hydrogen (secondary N) is 2. The Bertz CT molecular complexity index is 923. The van der Waals surface area contributed by atoms with Gasteiger partial charge in [0.1, 0.15) is 11.6 Å². The van der Waals surface area contributed by atoms with Crippen LogP contribution >= 0.6 is 0 Å². The molecule has 9 heteroatoms. The summed E-state index contributed by atoms with van der Waals surface area (Å²) in [5, 5.41) is 10.2. The van der Waals surface area contributed by atoms with Gasteiger partial charge in [0.05, 0.1) is 24.0 Å². The zero-order valence-electron chi connectivity index (χ0n) is 16.4. The summed E-state index contributed by atoms with van der Waals surface area (Å²) < 4.78 is 29.2. The molecule has 1 aliphatic rings. The lowest BCUT2D eigenvalue weighted by molar-refractivity contribution is 0.0985. The minimum absolute atomic E-state index is 0.156. The number of rotatable bonds is 5. The molecular formula is C18H27N5O3S. The van der Waals surface area contributed by atoms with Crippen molar-refractivity contribution in [1.29, 1.82) is 0 Å². The van der Waals surface area contributed by atoms with Crippen molar-refractivity contribution in [2.75, 3.05) is 36.2 Å². The van der Waals surface area contributed by atoms with E-state index in [0.29, 0.717) is 37.0 Å². The number of aromatic amines is 1. The second-order valence-corrected chi connectivity index (χ2v) is 10.1. The molecule has 1 atom stereocenters. The van der Waals surface area contributed by atoms with Gasteiger partial charge in [-0.15, -0.1) is 0 Å². The van der Waals surface area contributed by atoms with Crippen molar-refractivity contribution in [3.63, 3.8) is 0 Å². The molecule has 0 radical (unpaired) electrons. The van der Waals surface area contributed by atoms with Crippen molar-refractivity contribution >= 4 is 27.3 Å². The maximum absolute atomic E-state index is 12.4. The number of sulfone groups is 1. The third-order valence-corrected chi connectivity index (χ3v) is 7.15. The van der Waals surface area contributed by atoms with Crippen LogP contribution < -0.4 is 10.2 Å². The third kappa shape index (κ3) is 4.08. The molecule has 0 bridgehead atoms. The second-order valence-electron chi connectivity index (χ2n) is 7.56. The van der Waals surface area contributed by atoms with Crippen LogP contribution in [0.4, 0.5) is 17.5 Å². The van der Waals surface area contributed by atoms with Crippen LogP contribution in [0, 0.1) is 6.92 Å². The molecule has 0 amide bonds. The molecule has 27 heavy (non-hydrogen) atoms. The SMILES string of the molecule is Cc1cc(Nc2cc(C(C)(C)S(C)(=O)=O)cc(N3CCOC[C@H]3C)n2)n[nH]1. The van der Waals surface area contributed by atoms with Crippen LogP contribution in [-0.2, 0) is 19.3 Å². The van der Waals surface area contributed by atoms with Crippen molar-refractivity contribution in [3.8, 4) is 0 Å². The number of nitrogens with zero attached hydrogens (tertiary/aromatic N) is 3. The van der Waals surface area contributed by atoms with E-state index in [1.54, 1.807) is 19.9 Å². The van der Waals surface area contributed by atoms with Crippen molar-refractivity contribution < 1.29 is 13.2 Å². The number of aromatic nitrogens is 3. The molecule has 8 nitrogen and oxygen atoms in total. The van der Waals surface area contributed by atoms with Gasteiger partial charge in [0.15, 0.2) is 15.7 Å². The molecule has 0 aliphatic carbocycles. The average molecular weight is 394 g/mol. The summed E-state index contributed by atoms with van der Waals surface area (Å²) in [5.41, 5.74) is 1.61. The van der Waals surface area contributed by atoms with Crippen molar-refractivity contribution in [2.45, 2.75) is 38.5 Å². The maximum atomic E-state index is 12.4. The lowest BCUT2D eigenvalue weighted by Crippen LogP contribution is -2.44. The fraction of sp³-hybridized carbons (Fsp3) is 0.556. The number of hydrogen-bond donors (Lipinski definition) is 2. The van der Waals surface area contributed by atoms with E-state index in [4.69, 9.17) is 9.72 Å². The number of morpholine rings is 1. The average Bonchev–Trinajstić information content (AvgIpc) is 2.98. The van der Waals surface area contributed by atoms with E-state index in [9.17, 15) is 8.42 Å². The van der Waals surface area contributed by atoms with Crippen LogP contribution in [0.1, 0.15) is 32.0 Å². The molecule has 2 aromatic heterocycles. The smallest absolute Gasteiger partial charge is 0.156 e. The maximum Gasteiger partial charge on any atom is 0.156 e. The fourth-order valence-electron chi connectivity index (χ4n) is 2.97. The Morgan fingerprint density at radius 2 is 2.04 bits per heavy atom. The summed E-state index contributed by atoms with van der Waals surface area (Å²) in [7, 11) is -3.32. The van der Waals surface area contributed by atoms with Gasteiger partial charge in [0.25, 0.3) is 0 Å². The molecule has 1 aliphatic heterocycles. The molecule has 3 heterocycles. The van der Waals surface area contributed by atoms with Crippen molar-refractivity contribution in [3.05, 3.63) is 29.5 Å². The predicted octanol–water partition coefficient (Wildman–Crippen LogP) is 2.36. The monoisotopic (exact) mass is 393 g/mol. The van der Waals surface area contributed by atoms with Crippen LogP contribution in [0.25, 0.3) is 0 Å². The van der Waals surface area contributed by atoms with Gasteiger partial charge in [0, 0.05) is 24.6 Å². The van der Waals surface area contributed by atoms with E-state index in [-0.39, 0.29) is 6.04 Å². The molecule has 3 rings (SSSR count). The first-order valence-electron chi connectivity index (χ1n) is 8.93. The van der Waals surface area contributed by atoms with E-state index >= 15 is 0 Å². The lowest BCUT2D eigenvalue weighted by atomic mass is 10.0. The highest BCUT2D eigenvalue weighted by Gasteiger charge is 2.34. The van der Waals surface area contributed by atoms with E-state index in [1.807, 2.05) is 19.1 Å². The summed E-state index contributed by atoms with van der Waals surface area (Å²) in [6, 6.07) is 5.67. The number of ether oxygens (including phenoxy) is 1. The number of pyridine rings is 1. The second kappa shape index (κ2) is 7.12. The molecular weight excluding hydrogens is 366 g/mol. The minimum Gasteiger partial charge on any atom is -0.377 e. The highest BCUT2D eigenvalue weighted by atomic mass is 32.2. The van der Waals surface area contributed by atoms with Gasteiger partial charge in [-0.1, -0.05) is 0 Å². The first-order chi connectivity index (χ1) is 12.6.